The van der Waals surface area contributed by atoms with E-state index in [1.54, 1.807) is 12.1 Å². The van der Waals surface area contributed by atoms with E-state index in [0.29, 0.717) is 11.1 Å². The van der Waals surface area contributed by atoms with Crippen LogP contribution in [0, 0.1) is 0 Å². The van der Waals surface area contributed by atoms with Crippen LogP contribution in [0.2, 0.25) is 0 Å². The second-order valence-corrected chi connectivity index (χ2v) is 8.62. The number of rotatable bonds is 8. The van der Waals surface area contributed by atoms with Crippen molar-refractivity contribution in [3.63, 3.8) is 0 Å². The molecule has 0 saturated carbocycles. The number of carbonyl (C=O) groups excluding carboxylic acids is 3. The molecule has 1 saturated heterocycles. The summed E-state index contributed by atoms with van der Waals surface area (Å²) < 4.78 is 30.7. The van der Waals surface area contributed by atoms with Crippen LogP contribution in [-0.2, 0) is 32.2 Å². The number of alkyl halides is 1. The molecule has 2 aromatic carbocycles. The lowest BCUT2D eigenvalue weighted by atomic mass is 10.1. The zero-order chi connectivity index (χ0) is 24.0. The maximum absolute atomic E-state index is 15.0. The maximum Gasteiger partial charge on any atom is 0.338 e. The molecular formula is C23H23FO8S. The quantitative estimate of drug-likeness (QED) is 0.435. The summed E-state index contributed by atoms with van der Waals surface area (Å²) in [7, 11) is 0. The summed E-state index contributed by atoms with van der Waals surface area (Å²) in [6, 6.07) is 12.1. The molecule has 4 atom stereocenters. The van der Waals surface area contributed by atoms with Crippen molar-refractivity contribution in [3.05, 3.63) is 70.8 Å². The molecule has 176 valence electrons. The molecule has 2 aromatic rings. The van der Waals surface area contributed by atoms with Gasteiger partial charge in [0, 0.05) is 6.92 Å². The van der Waals surface area contributed by atoms with Crippen LogP contribution < -0.4 is 0 Å². The summed E-state index contributed by atoms with van der Waals surface area (Å²) >= 11 is 0.903. The fourth-order valence-electron chi connectivity index (χ4n) is 3.14. The van der Waals surface area contributed by atoms with Gasteiger partial charge in [-0.15, -0.1) is 11.8 Å². The van der Waals surface area contributed by atoms with E-state index in [9.17, 15) is 14.4 Å². The van der Waals surface area contributed by atoms with E-state index >= 15 is 4.39 Å². The van der Waals surface area contributed by atoms with Gasteiger partial charge in [-0.3, -0.25) is 4.79 Å². The second-order valence-electron chi connectivity index (χ2n) is 7.28. The molecule has 0 radical (unpaired) electrons. The lowest BCUT2D eigenvalue weighted by molar-refractivity contribution is -0.145. The van der Waals surface area contributed by atoms with Crippen LogP contribution in [0.1, 0.15) is 38.8 Å². The van der Waals surface area contributed by atoms with E-state index in [-0.39, 0.29) is 30.9 Å². The SMILES string of the molecule is CC(=O)O[C@@H]1S[C@H](COC(=O)c2ccc(CO)cc2)[C@@H](OC(=O)c2ccc(CO)cc2)[C@@H]1F. The summed E-state index contributed by atoms with van der Waals surface area (Å²) in [4.78, 5) is 36.2. The molecule has 1 heterocycles. The molecule has 0 aliphatic carbocycles. The maximum atomic E-state index is 15.0. The number of thioether (sulfide) groups is 1. The topological polar surface area (TPSA) is 119 Å². The molecule has 10 heteroatoms. The Morgan fingerprint density at radius 1 is 0.879 bits per heavy atom. The lowest BCUT2D eigenvalue weighted by Gasteiger charge is -2.20. The monoisotopic (exact) mass is 478 g/mol. The fraction of sp³-hybridized carbons (Fsp3) is 0.348. The highest BCUT2D eigenvalue weighted by molar-refractivity contribution is 8.00. The predicted octanol–water partition coefficient (Wildman–Crippen LogP) is 2.40. The van der Waals surface area contributed by atoms with Gasteiger partial charge in [0.15, 0.2) is 17.7 Å². The third-order valence-corrected chi connectivity index (χ3v) is 6.28. The Labute approximate surface area is 193 Å². The van der Waals surface area contributed by atoms with E-state index in [2.05, 4.69) is 0 Å². The molecule has 0 bridgehead atoms. The van der Waals surface area contributed by atoms with Crippen LogP contribution in [0.25, 0.3) is 0 Å². The first-order valence-electron chi connectivity index (χ1n) is 10.1. The van der Waals surface area contributed by atoms with Crippen LogP contribution in [-0.4, -0.2) is 57.7 Å². The third kappa shape index (κ3) is 6.31. The van der Waals surface area contributed by atoms with E-state index < -0.39 is 40.9 Å². The Balaban J connectivity index is 1.69. The largest absolute Gasteiger partial charge is 0.461 e. The number of ether oxygens (including phenoxy) is 3. The van der Waals surface area contributed by atoms with Gasteiger partial charge in [0.1, 0.15) is 6.61 Å². The van der Waals surface area contributed by atoms with Crippen molar-refractivity contribution in [2.45, 2.75) is 43.1 Å². The van der Waals surface area contributed by atoms with Crippen LogP contribution in [0.3, 0.4) is 0 Å². The Morgan fingerprint density at radius 2 is 1.39 bits per heavy atom. The number of halogens is 1. The van der Waals surface area contributed by atoms with Gasteiger partial charge in [0.25, 0.3) is 0 Å². The average molecular weight is 478 g/mol. The van der Waals surface area contributed by atoms with E-state index in [1.807, 2.05) is 0 Å². The van der Waals surface area contributed by atoms with Gasteiger partial charge in [-0.05, 0) is 35.4 Å². The molecular weight excluding hydrogens is 455 g/mol. The molecule has 1 fully saturated rings. The Hall–Kier alpha value is -2.95. The summed E-state index contributed by atoms with van der Waals surface area (Å²) in [6.07, 6.45) is -3.15. The number of hydrogen-bond donors (Lipinski definition) is 2. The van der Waals surface area contributed by atoms with Gasteiger partial charge in [0.05, 0.1) is 29.6 Å². The van der Waals surface area contributed by atoms with Gasteiger partial charge in [-0.25, -0.2) is 14.0 Å². The summed E-state index contributed by atoms with van der Waals surface area (Å²) in [5.41, 5.74) is 0.394. The fourth-order valence-corrected chi connectivity index (χ4v) is 4.49. The van der Waals surface area contributed by atoms with Crippen molar-refractivity contribution < 1.29 is 43.2 Å². The predicted molar refractivity (Wildman–Crippen MR) is 116 cm³/mol. The molecule has 0 spiro atoms. The first-order chi connectivity index (χ1) is 15.8. The molecule has 0 aromatic heterocycles. The number of aliphatic hydroxyl groups is 2. The minimum atomic E-state index is -1.83. The first-order valence-corrected chi connectivity index (χ1v) is 11.0. The second kappa shape index (κ2) is 11.3. The smallest absolute Gasteiger partial charge is 0.338 e. The minimum Gasteiger partial charge on any atom is -0.461 e. The number of benzene rings is 2. The highest BCUT2D eigenvalue weighted by atomic mass is 32.2. The summed E-state index contributed by atoms with van der Waals surface area (Å²) in [6.45, 7) is 0.492. The van der Waals surface area contributed by atoms with Crippen LogP contribution in [0.4, 0.5) is 4.39 Å². The van der Waals surface area contributed by atoms with E-state index in [1.165, 1.54) is 36.4 Å². The standard InChI is InChI=1S/C23H23FO8S/c1-13(27)31-23-19(24)20(32-22(29)17-8-4-15(11-26)5-9-17)18(33-23)12-30-21(28)16-6-2-14(10-25)3-7-16/h2-9,18-20,23,25-26H,10-12H2,1H3/t18-,19+,20-,23-/m1/s1. The first kappa shape index (κ1) is 24.7. The highest BCUT2D eigenvalue weighted by Gasteiger charge is 2.49. The molecule has 1 aliphatic rings. The molecule has 0 amide bonds. The zero-order valence-electron chi connectivity index (χ0n) is 17.7. The lowest BCUT2D eigenvalue weighted by Crippen LogP contribution is -2.37. The Bertz CT molecular complexity index is 979. The highest BCUT2D eigenvalue weighted by Crippen LogP contribution is 2.39. The van der Waals surface area contributed by atoms with Crippen LogP contribution in [0.5, 0.6) is 0 Å². The van der Waals surface area contributed by atoms with Gasteiger partial charge in [0.2, 0.25) is 0 Å². The third-order valence-electron chi connectivity index (χ3n) is 4.90. The van der Waals surface area contributed by atoms with Gasteiger partial charge in [-0.1, -0.05) is 24.3 Å². The number of aliphatic hydroxyl groups excluding tert-OH is 2. The molecule has 2 N–H and O–H groups in total. The van der Waals surface area contributed by atoms with Crippen molar-refractivity contribution in [2.75, 3.05) is 6.61 Å². The molecule has 0 unspecified atom stereocenters. The normalized spacial score (nSPS) is 21.9. The molecule has 1 aliphatic heterocycles. The van der Waals surface area contributed by atoms with Crippen molar-refractivity contribution >= 4 is 29.7 Å². The zero-order valence-corrected chi connectivity index (χ0v) is 18.5. The molecule has 3 rings (SSSR count). The van der Waals surface area contributed by atoms with Crippen molar-refractivity contribution in [1.82, 2.24) is 0 Å². The van der Waals surface area contributed by atoms with E-state index in [4.69, 9.17) is 24.4 Å². The van der Waals surface area contributed by atoms with Crippen molar-refractivity contribution in [1.29, 1.82) is 0 Å². The number of carbonyl (C=O) groups is 3. The van der Waals surface area contributed by atoms with Crippen LogP contribution >= 0.6 is 11.8 Å². The molecule has 8 nitrogen and oxygen atoms in total. The van der Waals surface area contributed by atoms with Gasteiger partial charge < -0.3 is 24.4 Å². The number of hydrogen-bond acceptors (Lipinski definition) is 9. The summed E-state index contributed by atoms with van der Waals surface area (Å²) in [5.74, 6) is -2.16. The minimum absolute atomic E-state index is 0.153. The summed E-state index contributed by atoms with van der Waals surface area (Å²) in [5, 5.41) is 17.4. The van der Waals surface area contributed by atoms with E-state index in [0.717, 1.165) is 18.7 Å². The Kier molecular flexibility index (Phi) is 8.43. The van der Waals surface area contributed by atoms with Gasteiger partial charge >= 0.3 is 17.9 Å². The molecule has 33 heavy (non-hydrogen) atoms. The average Bonchev–Trinajstić information content (AvgIpc) is 3.11. The van der Waals surface area contributed by atoms with Crippen LogP contribution in [0.15, 0.2) is 48.5 Å². The number of esters is 3. The van der Waals surface area contributed by atoms with Crippen molar-refractivity contribution in [3.8, 4) is 0 Å². The Morgan fingerprint density at radius 3 is 1.88 bits per heavy atom. The van der Waals surface area contributed by atoms with Gasteiger partial charge in [-0.2, -0.15) is 0 Å². The van der Waals surface area contributed by atoms with Crippen molar-refractivity contribution in [2.24, 2.45) is 0 Å².